The van der Waals surface area contributed by atoms with E-state index >= 15 is 0 Å². The van der Waals surface area contributed by atoms with Crippen LogP contribution in [0.2, 0.25) is 0 Å². The molecule has 7 heteroatoms. The molecule has 1 heterocycles. The lowest BCUT2D eigenvalue weighted by Gasteiger charge is -2.27. The summed E-state index contributed by atoms with van der Waals surface area (Å²) < 4.78 is 22.7. The first-order valence-electron chi connectivity index (χ1n) is 6.57. The summed E-state index contributed by atoms with van der Waals surface area (Å²) in [7, 11) is -3.77. The Kier molecular flexibility index (Phi) is 4.29. The number of urea groups is 1. The number of hydrogen-bond acceptors (Lipinski definition) is 3. The number of hydrogen-bond donors (Lipinski definition) is 2. The Morgan fingerprint density at radius 3 is 2.50 bits per heavy atom. The van der Waals surface area contributed by atoms with Crippen molar-refractivity contribution < 1.29 is 13.2 Å². The highest BCUT2D eigenvalue weighted by molar-refractivity contribution is 7.89. The Labute approximate surface area is 119 Å². The monoisotopic (exact) mass is 297 g/mol. The molecule has 3 N–H and O–H groups in total. The number of nitrogens with one attached hydrogen (secondary N) is 1. The molecule has 0 bridgehead atoms. The minimum absolute atomic E-state index is 0.00274. The molecule has 0 aliphatic carbocycles. The molecule has 1 aliphatic heterocycles. The number of nitrogens with two attached hydrogens (primary N) is 1. The summed E-state index contributed by atoms with van der Waals surface area (Å²) in [5, 5.41) is 7.86. The van der Waals surface area contributed by atoms with Crippen molar-refractivity contribution in [2.45, 2.75) is 31.1 Å². The summed E-state index contributed by atoms with van der Waals surface area (Å²) in [6.45, 7) is 3.28. The van der Waals surface area contributed by atoms with Gasteiger partial charge in [-0.15, -0.1) is 0 Å². The zero-order valence-electron chi connectivity index (χ0n) is 11.4. The van der Waals surface area contributed by atoms with Gasteiger partial charge in [0, 0.05) is 18.8 Å². The van der Waals surface area contributed by atoms with Crippen molar-refractivity contribution in [2.24, 2.45) is 5.14 Å². The second-order valence-electron chi connectivity index (χ2n) is 5.00. The fraction of sp³-hybridized carbons (Fsp3) is 0.462. The number of amides is 2. The smallest absolute Gasteiger partial charge is 0.321 e. The molecular formula is C13H19N3O3S. The van der Waals surface area contributed by atoms with Crippen molar-refractivity contribution >= 4 is 21.7 Å². The SMILES string of the molecule is Cc1ccc(S(N)(=O)=O)cc1NC(=O)N1CCCCC1. The largest absolute Gasteiger partial charge is 0.325 e. The Bertz CT molecular complexity index is 607. The van der Waals surface area contributed by atoms with Gasteiger partial charge < -0.3 is 10.2 Å². The summed E-state index contributed by atoms with van der Waals surface area (Å²) in [5.41, 5.74) is 1.27. The van der Waals surface area contributed by atoms with Gasteiger partial charge in [-0.3, -0.25) is 0 Å². The van der Waals surface area contributed by atoms with Crippen molar-refractivity contribution in [3.05, 3.63) is 23.8 Å². The quantitative estimate of drug-likeness (QED) is 0.869. The number of anilines is 1. The van der Waals surface area contributed by atoms with E-state index in [4.69, 9.17) is 5.14 Å². The molecule has 2 rings (SSSR count). The van der Waals surface area contributed by atoms with Crippen LogP contribution in [0.4, 0.5) is 10.5 Å². The van der Waals surface area contributed by atoms with Crippen molar-refractivity contribution in [3.8, 4) is 0 Å². The van der Waals surface area contributed by atoms with Gasteiger partial charge in [0.1, 0.15) is 0 Å². The molecule has 1 aromatic rings. The molecule has 1 aliphatic rings. The van der Waals surface area contributed by atoms with Crippen LogP contribution in [0.15, 0.2) is 23.1 Å². The van der Waals surface area contributed by atoms with Gasteiger partial charge in [-0.25, -0.2) is 18.4 Å². The average Bonchev–Trinajstić information content (AvgIpc) is 2.41. The lowest BCUT2D eigenvalue weighted by atomic mass is 10.1. The van der Waals surface area contributed by atoms with E-state index in [2.05, 4.69) is 5.32 Å². The lowest BCUT2D eigenvalue weighted by molar-refractivity contribution is 0.200. The number of nitrogens with zero attached hydrogens (tertiary/aromatic N) is 1. The number of carbonyl (C=O) groups excluding carboxylic acids is 1. The van der Waals surface area contributed by atoms with Crippen LogP contribution >= 0.6 is 0 Å². The molecule has 0 saturated carbocycles. The third-order valence-electron chi connectivity index (χ3n) is 3.42. The molecule has 0 aromatic heterocycles. The van der Waals surface area contributed by atoms with E-state index in [9.17, 15) is 13.2 Å². The Hall–Kier alpha value is -1.60. The van der Waals surface area contributed by atoms with Crippen molar-refractivity contribution in [3.63, 3.8) is 0 Å². The predicted octanol–water partition coefficient (Wildman–Crippen LogP) is 1.66. The van der Waals surface area contributed by atoms with Crippen molar-refractivity contribution in [2.75, 3.05) is 18.4 Å². The molecule has 0 atom stereocenters. The van der Waals surface area contributed by atoms with Gasteiger partial charge >= 0.3 is 6.03 Å². The molecule has 110 valence electrons. The van der Waals surface area contributed by atoms with E-state index in [1.165, 1.54) is 12.1 Å². The van der Waals surface area contributed by atoms with Gasteiger partial charge in [0.2, 0.25) is 10.0 Å². The molecule has 1 fully saturated rings. The molecule has 6 nitrogen and oxygen atoms in total. The first-order valence-corrected chi connectivity index (χ1v) is 8.12. The average molecular weight is 297 g/mol. The van der Waals surface area contributed by atoms with Crippen molar-refractivity contribution in [1.29, 1.82) is 0 Å². The van der Waals surface area contributed by atoms with Crippen molar-refractivity contribution in [1.82, 2.24) is 4.90 Å². The maximum Gasteiger partial charge on any atom is 0.321 e. The number of sulfonamides is 1. The predicted molar refractivity (Wildman–Crippen MR) is 77.0 cm³/mol. The second-order valence-corrected chi connectivity index (χ2v) is 6.56. The van der Waals surface area contributed by atoms with E-state index in [-0.39, 0.29) is 10.9 Å². The normalized spacial score (nSPS) is 16.0. The zero-order valence-corrected chi connectivity index (χ0v) is 12.2. The standard InChI is InChI=1S/C13H19N3O3S/c1-10-5-6-11(20(14,18)19)9-12(10)15-13(17)16-7-3-2-4-8-16/h5-6,9H,2-4,7-8H2,1H3,(H,15,17)(H2,14,18,19). The lowest BCUT2D eigenvalue weighted by Crippen LogP contribution is -2.38. The number of benzene rings is 1. The van der Waals surface area contributed by atoms with E-state index in [1.807, 2.05) is 0 Å². The van der Waals surface area contributed by atoms with Crippen LogP contribution in [0, 0.1) is 6.92 Å². The van der Waals surface area contributed by atoms with Gasteiger partial charge in [-0.2, -0.15) is 0 Å². The van der Waals surface area contributed by atoms with Crippen LogP contribution in [0.1, 0.15) is 24.8 Å². The molecule has 0 radical (unpaired) electrons. The summed E-state index contributed by atoms with van der Waals surface area (Å²) in [6.07, 6.45) is 3.15. The molecule has 0 unspecified atom stereocenters. The van der Waals surface area contributed by atoms with Crippen LogP contribution in [-0.4, -0.2) is 32.4 Å². The first-order chi connectivity index (χ1) is 9.38. The van der Waals surface area contributed by atoms with Crippen LogP contribution in [0.5, 0.6) is 0 Å². The molecule has 2 amide bonds. The van der Waals surface area contributed by atoms with Gasteiger partial charge in [-0.1, -0.05) is 6.07 Å². The number of likely N-dealkylation sites (tertiary alicyclic amines) is 1. The fourth-order valence-corrected chi connectivity index (χ4v) is 2.74. The number of piperidine rings is 1. The first kappa shape index (κ1) is 14.8. The minimum Gasteiger partial charge on any atom is -0.325 e. The maximum absolute atomic E-state index is 12.1. The van der Waals surface area contributed by atoms with E-state index in [0.717, 1.165) is 37.9 Å². The maximum atomic E-state index is 12.1. The number of rotatable bonds is 2. The summed E-state index contributed by atoms with van der Waals surface area (Å²) >= 11 is 0. The van der Waals surface area contributed by atoms with Crippen LogP contribution in [0.3, 0.4) is 0 Å². The third-order valence-corrected chi connectivity index (χ3v) is 4.33. The molecular weight excluding hydrogens is 278 g/mol. The third kappa shape index (κ3) is 3.49. The van der Waals surface area contributed by atoms with Gasteiger partial charge in [0.15, 0.2) is 0 Å². The fourth-order valence-electron chi connectivity index (χ4n) is 2.20. The van der Waals surface area contributed by atoms with E-state index < -0.39 is 10.0 Å². The Balaban J connectivity index is 2.18. The van der Waals surface area contributed by atoms with E-state index in [1.54, 1.807) is 17.9 Å². The highest BCUT2D eigenvalue weighted by Crippen LogP contribution is 2.20. The summed E-state index contributed by atoms with van der Waals surface area (Å²) in [6, 6.07) is 4.26. The summed E-state index contributed by atoms with van der Waals surface area (Å²) in [5.74, 6) is 0. The number of aryl methyl sites for hydroxylation is 1. The Morgan fingerprint density at radius 1 is 1.25 bits per heavy atom. The van der Waals surface area contributed by atoms with Crippen LogP contribution in [0.25, 0.3) is 0 Å². The second kappa shape index (κ2) is 5.80. The zero-order chi connectivity index (χ0) is 14.8. The van der Waals surface area contributed by atoms with Gasteiger partial charge in [0.05, 0.1) is 4.90 Å². The number of carbonyl (C=O) groups is 1. The molecule has 1 aromatic carbocycles. The van der Waals surface area contributed by atoms with Crippen LogP contribution in [-0.2, 0) is 10.0 Å². The topological polar surface area (TPSA) is 92.5 Å². The minimum atomic E-state index is -3.77. The van der Waals surface area contributed by atoms with E-state index in [0.29, 0.717) is 5.69 Å². The molecule has 1 saturated heterocycles. The number of primary sulfonamides is 1. The highest BCUT2D eigenvalue weighted by atomic mass is 32.2. The van der Waals surface area contributed by atoms with Gasteiger partial charge in [0.25, 0.3) is 0 Å². The van der Waals surface area contributed by atoms with Crippen LogP contribution < -0.4 is 10.5 Å². The summed E-state index contributed by atoms with van der Waals surface area (Å²) in [4.78, 5) is 13.9. The Morgan fingerprint density at radius 2 is 1.90 bits per heavy atom. The highest BCUT2D eigenvalue weighted by Gasteiger charge is 2.18. The van der Waals surface area contributed by atoms with Gasteiger partial charge in [-0.05, 0) is 43.9 Å². The molecule has 20 heavy (non-hydrogen) atoms. The molecule has 0 spiro atoms.